The van der Waals surface area contributed by atoms with E-state index in [1.54, 1.807) is 18.3 Å². The molecule has 3 N–H and O–H groups in total. The van der Waals surface area contributed by atoms with Crippen LogP contribution >= 0.6 is 0 Å². The Morgan fingerprint density at radius 1 is 1.67 bits per heavy atom. The van der Waals surface area contributed by atoms with Crippen LogP contribution in [0, 0.1) is 0 Å². The Kier molecular flexibility index (Phi) is 4.09. The van der Waals surface area contributed by atoms with Gasteiger partial charge in [0.15, 0.2) is 5.69 Å². The molecule has 0 aromatic carbocycles. The molecule has 1 amide bonds. The van der Waals surface area contributed by atoms with Crippen molar-refractivity contribution >= 4 is 11.6 Å². The summed E-state index contributed by atoms with van der Waals surface area (Å²) in [5, 5.41) is 2.86. The monoisotopic (exact) mass is 207 g/mol. The molecule has 0 bridgehead atoms. The van der Waals surface area contributed by atoms with Gasteiger partial charge in [0.1, 0.15) is 0 Å². The lowest BCUT2D eigenvalue weighted by Crippen LogP contribution is -2.33. The predicted octanol–water partition coefficient (Wildman–Crippen LogP) is 1.58. The molecule has 1 aromatic heterocycles. The molecule has 0 saturated carbocycles. The first-order chi connectivity index (χ1) is 7.15. The van der Waals surface area contributed by atoms with Gasteiger partial charge >= 0.3 is 0 Å². The highest BCUT2D eigenvalue weighted by Crippen LogP contribution is 2.07. The Morgan fingerprint density at radius 2 is 2.40 bits per heavy atom. The van der Waals surface area contributed by atoms with Crippen molar-refractivity contribution in [3.05, 3.63) is 24.0 Å². The Morgan fingerprint density at radius 3 is 3.00 bits per heavy atom. The molecule has 0 aliphatic carbocycles. The second kappa shape index (κ2) is 5.34. The van der Waals surface area contributed by atoms with Crippen molar-refractivity contribution in [1.82, 2.24) is 10.3 Å². The van der Waals surface area contributed by atoms with Gasteiger partial charge in [0.25, 0.3) is 5.91 Å². The fraction of sp³-hybridized carbons (Fsp3) is 0.455. The zero-order valence-corrected chi connectivity index (χ0v) is 9.16. The molecule has 1 rings (SSSR count). The molecule has 1 atom stereocenters. The zero-order chi connectivity index (χ0) is 11.3. The summed E-state index contributed by atoms with van der Waals surface area (Å²) in [7, 11) is 0. The van der Waals surface area contributed by atoms with Crippen molar-refractivity contribution in [2.75, 3.05) is 5.73 Å². The number of hydrogen-bond donors (Lipinski definition) is 2. The van der Waals surface area contributed by atoms with Crippen LogP contribution in [0.2, 0.25) is 0 Å². The van der Waals surface area contributed by atoms with E-state index in [1.165, 1.54) is 0 Å². The largest absolute Gasteiger partial charge is 0.397 e. The van der Waals surface area contributed by atoms with Crippen LogP contribution in [0.4, 0.5) is 5.69 Å². The molecule has 15 heavy (non-hydrogen) atoms. The summed E-state index contributed by atoms with van der Waals surface area (Å²) < 4.78 is 0. The average Bonchev–Trinajstić information content (AvgIpc) is 2.18. The Labute approximate surface area is 89.9 Å². The fourth-order valence-corrected chi connectivity index (χ4v) is 1.40. The third-order valence-electron chi connectivity index (χ3n) is 2.15. The second-order valence-corrected chi connectivity index (χ2v) is 3.60. The molecule has 0 aliphatic rings. The number of rotatable bonds is 4. The zero-order valence-electron chi connectivity index (χ0n) is 9.16. The van der Waals surface area contributed by atoms with E-state index in [4.69, 9.17) is 5.73 Å². The van der Waals surface area contributed by atoms with Gasteiger partial charge in [0.05, 0.1) is 5.69 Å². The first-order valence-electron chi connectivity index (χ1n) is 5.16. The van der Waals surface area contributed by atoms with E-state index >= 15 is 0 Å². The first-order valence-corrected chi connectivity index (χ1v) is 5.16. The molecule has 0 saturated heterocycles. The highest BCUT2D eigenvalue weighted by Gasteiger charge is 2.12. The van der Waals surface area contributed by atoms with Crippen LogP contribution in [-0.4, -0.2) is 16.9 Å². The number of aromatic nitrogens is 1. The number of nitrogens with two attached hydrogens (primary N) is 1. The van der Waals surface area contributed by atoms with E-state index < -0.39 is 0 Å². The van der Waals surface area contributed by atoms with E-state index in [0.717, 1.165) is 12.8 Å². The quantitative estimate of drug-likeness (QED) is 0.787. The van der Waals surface area contributed by atoms with Crippen LogP contribution in [-0.2, 0) is 0 Å². The number of hydrogen-bond acceptors (Lipinski definition) is 3. The van der Waals surface area contributed by atoms with E-state index in [-0.39, 0.29) is 11.9 Å². The highest BCUT2D eigenvalue weighted by atomic mass is 16.1. The van der Waals surface area contributed by atoms with Crippen LogP contribution in [0.25, 0.3) is 0 Å². The molecular weight excluding hydrogens is 190 g/mol. The number of pyridine rings is 1. The van der Waals surface area contributed by atoms with Gasteiger partial charge < -0.3 is 11.1 Å². The summed E-state index contributed by atoms with van der Waals surface area (Å²) in [6.07, 6.45) is 3.56. The number of nitrogens with one attached hydrogen (secondary N) is 1. The average molecular weight is 207 g/mol. The third kappa shape index (κ3) is 3.23. The summed E-state index contributed by atoms with van der Waals surface area (Å²) in [6, 6.07) is 3.54. The van der Waals surface area contributed by atoms with Gasteiger partial charge in [-0.3, -0.25) is 4.79 Å². The highest BCUT2D eigenvalue weighted by molar-refractivity contribution is 5.97. The Bertz CT molecular complexity index is 338. The molecule has 4 nitrogen and oxygen atoms in total. The van der Waals surface area contributed by atoms with Gasteiger partial charge in [-0.1, -0.05) is 13.3 Å². The molecule has 82 valence electrons. The Balaban J connectivity index is 2.65. The van der Waals surface area contributed by atoms with Crippen molar-refractivity contribution in [1.29, 1.82) is 0 Å². The van der Waals surface area contributed by atoms with Gasteiger partial charge in [0.2, 0.25) is 0 Å². The van der Waals surface area contributed by atoms with Crippen LogP contribution in [0.15, 0.2) is 18.3 Å². The molecule has 4 heteroatoms. The first kappa shape index (κ1) is 11.5. The summed E-state index contributed by atoms with van der Waals surface area (Å²) in [4.78, 5) is 15.7. The molecule has 1 unspecified atom stereocenters. The van der Waals surface area contributed by atoms with E-state index in [1.807, 2.05) is 6.92 Å². The van der Waals surface area contributed by atoms with Gasteiger partial charge in [-0.15, -0.1) is 0 Å². The number of carbonyl (C=O) groups is 1. The predicted molar refractivity (Wildman–Crippen MR) is 60.5 cm³/mol. The van der Waals surface area contributed by atoms with Crippen molar-refractivity contribution in [2.24, 2.45) is 0 Å². The maximum absolute atomic E-state index is 11.7. The van der Waals surface area contributed by atoms with E-state index in [2.05, 4.69) is 17.2 Å². The number of anilines is 1. The van der Waals surface area contributed by atoms with Crippen LogP contribution in [0.5, 0.6) is 0 Å². The molecule has 0 radical (unpaired) electrons. The number of nitrogen functional groups attached to an aromatic ring is 1. The van der Waals surface area contributed by atoms with Crippen molar-refractivity contribution in [3.8, 4) is 0 Å². The minimum absolute atomic E-state index is 0.156. The minimum Gasteiger partial charge on any atom is -0.397 e. The van der Waals surface area contributed by atoms with Crippen molar-refractivity contribution < 1.29 is 4.79 Å². The maximum atomic E-state index is 11.7. The minimum atomic E-state index is -0.200. The fourth-order valence-electron chi connectivity index (χ4n) is 1.40. The lowest BCUT2D eigenvalue weighted by atomic mass is 10.2. The maximum Gasteiger partial charge on any atom is 0.272 e. The number of carbonyl (C=O) groups excluding carboxylic acids is 1. The van der Waals surface area contributed by atoms with Gasteiger partial charge in [-0.05, 0) is 25.5 Å². The lowest BCUT2D eigenvalue weighted by molar-refractivity contribution is 0.0934. The van der Waals surface area contributed by atoms with Crippen molar-refractivity contribution in [3.63, 3.8) is 0 Å². The summed E-state index contributed by atoms with van der Waals surface area (Å²) in [5.74, 6) is -0.200. The van der Waals surface area contributed by atoms with Crippen LogP contribution < -0.4 is 11.1 Å². The normalized spacial score (nSPS) is 12.1. The Hall–Kier alpha value is -1.58. The molecular formula is C11H17N3O. The molecule has 1 heterocycles. The molecule has 0 fully saturated rings. The lowest BCUT2D eigenvalue weighted by Gasteiger charge is -2.12. The smallest absolute Gasteiger partial charge is 0.272 e. The molecule has 0 spiro atoms. The third-order valence-corrected chi connectivity index (χ3v) is 2.15. The standard InChI is InChI=1S/C11H17N3O/c1-3-5-8(2)14-11(15)10-9(12)6-4-7-13-10/h4,6-8H,3,5,12H2,1-2H3,(H,14,15). The van der Waals surface area contributed by atoms with E-state index in [0.29, 0.717) is 11.4 Å². The topological polar surface area (TPSA) is 68.0 Å². The van der Waals surface area contributed by atoms with Gasteiger partial charge in [-0.2, -0.15) is 0 Å². The van der Waals surface area contributed by atoms with Gasteiger partial charge in [0, 0.05) is 12.2 Å². The van der Waals surface area contributed by atoms with Crippen molar-refractivity contribution in [2.45, 2.75) is 32.7 Å². The van der Waals surface area contributed by atoms with Crippen LogP contribution in [0.3, 0.4) is 0 Å². The number of amides is 1. The summed E-state index contributed by atoms with van der Waals surface area (Å²) in [6.45, 7) is 4.05. The molecule has 0 aliphatic heterocycles. The van der Waals surface area contributed by atoms with E-state index in [9.17, 15) is 4.79 Å². The summed E-state index contributed by atoms with van der Waals surface area (Å²) >= 11 is 0. The summed E-state index contributed by atoms with van der Waals surface area (Å²) in [5.41, 5.74) is 6.37. The SMILES string of the molecule is CCCC(C)NC(=O)c1ncccc1N. The number of nitrogens with zero attached hydrogens (tertiary/aromatic N) is 1. The second-order valence-electron chi connectivity index (χ2n) is 3.60. The van der Waals surface area contributed by atoms with Gasteiger partial charge in [-0.25, -0.2) is 4.98 Å². The van der Waals surface area contributed by atoms with Crippen LogP contribution in [0.1, 0.15) is 37.2 Å². The molecule has 1 aromatic rings.